The first-order valence-electron chi connectivity index (χ1n) is 2.52. The average Bonchev–Trinajstić information content (AvgIpc) is 2.14. The molecule has 44 valence electrons. The highest BCUT2D eigenvalue weighted by Crippen LogP contribution is 2.04. The minimum Gasteiger partial charge on any atom is -0.254 e. The van der Waals surface area contributed by atoms with Crippen molar-refractivity contribution in [1.29, 1.82) is 0 Å². The van der Waals surface area contributed by atoms with E-state index in [4.69, 9.17) is 11.6 Å². The third kappa shape index (κ3) is 0.842. The summed E-state index contributed by atoms with van der Waals surface area (Å²) in [6.07, 6.45) is 1.69. The van der Waals surface area contributed by atoms with Crippen molar-refractivity contribution in [3.63, 3.8) is 0 Å². The maximum absolute atomic E-state index is 5.64. The summed E-state index contributed by atoms with van der Waals surface area (Å²) >= 11 is 5.64. The van der Waals surface area contributed by atoms with Crippen molar-refractivity contribution in [2.75, 3.05) is 0 Å². The molecule has 0 fully saturated rings. The Morgan fingerprint density at radius 1 is 1.88 bits per heavy atom. The lowest BCUT2D eigenvalue weighted by Gasteiger charge is -1.92. The molecular weight excluding hydrogens is 124 g/mol. The molecule has 1 aromatic heterocycles. The van der Waals surface area contributed by atoms with E-state index < -0.39 is 0 Å². The molecule has 0 aliphatic carbocycles. The molecule has 0 atom stereocenters. The fourth-order valence-corrected chi connectivity index (χ4v) is 0.769. The molecule has 0 saturated carbocycles. The van der Waals surface area contributed by atoms with E-state index in [1.165, 1.54) is 0 Å². The van der Waals surface area contributed by atoms with E-state index in [2.05, 4.69) is 5.10 Å². The van der Waals surface area contributed by atoms with Gasteiger partial charge in [-0.15, -0.1) is 0 Å². The molecule has 0 N–H and O–H groups in total. The molecule has 1 heterocycles. The van der Waals surface area contributed by atoms with Crippen molar-refractivity contribution >= 4 is 11.6 Å². The van der Waals surface area contributed by atoms with E-state index in [0.29, 0.717) is 5.15 Å². The number of rotatable bonds is 1. The molecule has 0 unspecified atom stereocenters. The zero-order chi connectivity index (χ0) is 5.98. The first-order valence-corrected chi connectivity index (χ1v) is 2.89. The fraction of sp³-hybridized carbons (Fsp3) is 0.400. The number of halogens is 1. The lowest BCUT2D eigenvalue weighted by molar-refractivity contribution is 0.661. The number of nitrogens with zero attached hydrogens (tertiary/aromatic N) is 2. The van der Waals surface area contributed by atoms with Crippen molar-refractivity contribution in [1.82, 2.24) is 9.78 Å². The van der Waals surface area contributed by atoms with Crippen LogP contribution in [0.2, 0.25) is 5.15 Å². The number of aromatic nitrogens is 2. The summed E-state index contributed by atoms with van der Waals surface area (Å²) in [6.45, 7) is 2.84. The van der Waals surface area contributed by atoms with Gasteiger partial charge in [0.15, 0.2) is 0 Å². The van der Waals surface area contributed by atoms with Crippen LogP contribution in [0, 0.1) is 0 Å². The lowest BCUT2D eigenvalue weighted by Crippen LogP contribution is -1.94. The first-order chi connectivity index (χ1) is 3.84. The molecule has 0 aliphatic heterocycles. The lowest BCUT2D eigenvalue weighted by atomic mass is 10.7. The first kappa shape index (κ1) is 5.63. The van der Waals surface area contributed by atoms with Crippen LogP contribution in [0.15, 0.2) is 12.3 Å². The van der Waals surface area contributed by atoms with Crippen LogP contribution in [0.25, 0.3) is 0 Å². The molecular formula is C5H7ClN2. The van der Waals surface area contributed by atoms with Crippen molar-refractivity contribution in [3.8, 4) is 0 Å². The van der Waals surface area contributed by atoms with Gasteiger partial charge in [-0.25, -0.2) is 0 Å². The van der Waals surface area contributed by atoms with Crippen LogP contribution in [0.4, 0.5) is 0 Å². The SMILES string of the molecule is CCn1nccc1Cl. The number of aryl methyl sites for hydroxylation is 1. The zero-order valence-corrected chi connectivity index (χ0v) is 5.39. The second-order valence-corrected chi connectivity index (χ2v) is 1.86. The summed E-state index contributed by atoms with van der Waals surface area (Å²) in [7, 11) is 0. The molecule has 0 spiro atoms. The van der Waals surface area contributed by atoms with Crippen molar-refractivity contribution in [2.24, 2.45) is 0 Å². The highest BCUT2D eigenvalue weighted by Gasteiger charge is 1.91. The van der Waals surface area contributed by atoms with E-state index >= 15 is 0 Å². The smallest absolute Gasteiger partial charge is 0.127 e. The van der Waals surface area contributed by atoms with Crippen molar-refractivity contribution < 1.29 is 0 Å². The molecule has 0 aromatic carbocycles. The summed E-state index contributed by atoms with van der Waals surface area (Å²) in [4.78, 5) is 0. The standard InChI is InChI=1S/C5H7ClN2/c1-2-8-5(6)3-4-7-8/h3-4H,2H2,1H3. The van der Waals surface area contributed by atoms with E-state index in [1.807, 2.05) is 6.92 Å². The third-order valence-electron chi connectivity index (χ3n) is 0.964. The minimum atomic E-state index is 0.701. The number of hydrogen-bond donors (Lipinski definition) is 0. The van der Waals surface area contributed by atoms with Gasteiger partial charge in [0.25, 0.3) is 0 Å². The monoisotopic (exact) mass is 130 g/mol. The summed E-state index contributed by atoms with van der Waals surface area (Å²) < 4.78 is 1.72. The maximum Gasteiger partial charge on any atom is 0.127 e. The summed E-state index contributed by atoms with van der Waals surface area (Å²) in [5.74, 6) is 0. The van der Waals surface area contributed by atoms with Crippen molar-refractivity contribution in [2.45, 2.75) is 13.5 Å². The zero-order valence-electron chi connectivity index (χ0n) is 4.63. The van der Waals surface area contributed by atoms with E-state index in [9.17, 15) is 0 Å². The van der Waals surface area contributed by atoms with Gasteiger partial charge in [-0.05, 0) is 13.0 Å². The highest BCUT2D eigenvalue weighted by molar-refractivity contribution is 6.29. The molecule has 0 saturated heterocycles. The minimum absolute atomic E-state index is 0.701. The van der Waals surface area contributed by atoms with E-state index in [0.717, 1.165) is 6.54 Å². The van der Waals surface area contributed by atoms with Gasteiger partial charge >= 0.3 is 0 Å². The molecule has 1 rings (SSSR count). The summed E-state index contributed by atoms with van der Waals surface area (Å²) in [5, 5.41) is 4.62. The van der Waals surface area contributed by atoms with Crippen LogP contribution in [0.3, 0.4) is 0 Å². The van der Waals surface area contributed by atoms with Gasteiger partial charge in [0, 0.05) is 6.54 Å². The molecule has 0 bridgehead atoms. The van der Waals surface area contributed by atoms with Gasteiger partial charge in [0.2, 0.25) is 0 Å². The molecule has 8 heavy (non-hydrogen) atoms. The molecule has 2 nitrogen and oxygen atoms in total. The van der Waals surface area contributed by atoms with Crippen LogP contribution in [0.1, 0.15) is 6.92 Å². The van der Waals surface area contributed by atoms with E-state index in [-0.39, 0.29) is 0 Å². The second kappa shape index (κ2) is 2.18. The average molecular weight is 131 g/mol. The fourth-order valence-electron chi connectivity index (χ4n) is 0.549. The predicted octanol–water partition coefficient (Wildman–Crippen LogP) is 1.56. The van der Waals surface area contributed by atoms with Crippen LogP contribution in [0.5, 0.6) is 0 Å². The molecule has 0 amide bonds. The van der Waals surface area contributed by atoms with Gasteiger partial charge in [-0.2, -0.15) is 5.10 Å². The Hall–Kier alpha value is -0.500. The Labute approximate surface area is 53.1 Å². The quantitative estimate of drug-likeness (QED) is 0.564. The number of hydrogen-bond acceptors (Lipinski definition) is 1. The van der Waals surface area contributed by atoms with Crippen LogP contribution < -0.4 is 0 Å². The van der Waals surface area contributed by atoms with Crippen LogP contribution in [-0.4, -0.2) is 9.78 Å². The third-order valence-corrected chi connectivity index (χ3v) is 1.29. The topological polar surface area (TPSA) is 17.8 Å². The Bertz CT molecular complexity index is 171. The van der Waals surface area contributed by atoms with Gasteiger partial charge < -0.3 is 0 Å². The Balaban J connectivity index is 2.92. The van der Waals surface area contributed by atoms with Gasteiger partial charge in [0.05, 0.1) is 6.20 Å². The molecule has 3 heteroatoms. The predicted molar refractivity (Wildman–Crippen MR) is 32.9 cm³/mol. The van der Waals surface area contributed by atoms with Crippen molar-refractivity contribution in [3.05, 3.63) is 17.4 Å². The summed E-state index contributed by atoms with van der Waals surface area (Å²) in [5.41, 5.74) is 0. The Morgan fingerprint density at radius 2 is 2.62 bits per heavy atom. The second-order valence-electron chi connectivity index (χ2n) is 1.47. The Morgan fingerprint density at radius 3 is 2.88 bits per heavy atom. The van der Waals surface area contributed by atoms with E-state index in [1.54, 1.807) is 16.9 Å². The van der Waals surface area contributed by atoms with Gasteiger partial charge in [-0.1, -0.05) is 11.6 Å². The van der Waals surface area contributed by atoms with Crippen LogP contribution in [-0.2, 0) is 6.54 Å². The van der Waals surface area contributed by atoms with Crippen LogP contribution >= 0.6 is 11.6 Å². The summed E-state index contributed by atoms with van der Waals surface area (Å²) in [6, 6.07) is 1.77. The normalized spacial score (nSPS) is 9.75. The van der Waals surface area contributed by atoms with Gasteiger partial charge in [-0.3, -0.25) is 4.68 Å². The maximum atomic E-state index is 5.64. The molecule has 1 aromatic rings. The molecule has 0 radical (unpaired) electrons. The highest BCUT2D eigenvalue weighted by atomic mass is 35.5. The molecule has 0 aliphatic rings. The van der Waals surface area contributed by atoms with Gasteiger partial charge in [0.1, 0.15) is 5.15 Å². The Kier molecular flexibility index (Phi) is 1.53. The largest absolute Gasteiger partial charge is 0.254 e.